The van der Waals surface area contributed by atoms with Gasteiger partial charge < -0.3 is 24.8 Å². The number of anilines is 1. The van der Waals surface area contributed by atoms with E-state index in [1.54, 1.807) is 18.5 Å². The van der Waals surface area contributed by atoms with E-state index in [0.717, 1.165) is 37.4 Å². The van der Waals surface area contributed by atoms with Crippen LogP contribution in [0, 0.1) is 0 Å². The number of likely N-dealkylation sites (N-methyl/N-ethyl adjacent to an activating group) is 1. The van der Waals surface area contributed by atoms with Crippen molar-refractivity contribution in [1.82, 2.24) is 9.47 Å². The Kier molecular flexibility index (Phi) is 2.87. The summed E-state index contributed by atoms with van der Waals surface area (Å²) in [6.07, 6.45) is 3.43. The summed E-state index contributed by atoms with van der Waals surface area (Å²) in [5.74, 6) is 1.01. The Hall–Kier alpha value is -2.47. The number of rotatable bonds is 1. The van der Waals surface area contributed by atoms with Gasteiger partial charge in [-0.3, -0.25) is 4.79 Å². The van der Waals surface area contributed by atoms with Crippen LogP contribution in [0.5, 0.6) is 5.75 Å². The molecule has 0 aliphatic carbocycles. The van der Waals surface area contributed by atoms with Gasteiger partial charge in [-0.25, -0.2) is 0 Å². The Morgan fingerprint density at radius 3 is 2.68 bits per heavy atom. The minimum atomic E-state index is -0.00472. The lowest BCUT2D eigenvalue weighted by atomic mass is 10.1. The van der Waals surface area contributed by atoms with Crippen molar-refractivity contribution in [3.63, 3.8) is 0 Å². The first-order chi connectivity index (χ1) is 10.6. The number of nitrogens with two attached hydrogens (primary N) is 1. The molecule has 1 fully saturated rings. The quantitative estimate of drug-likeness (QED) is 0.846. The minimum Gasteiger partial charge on any atom is -0.436 e. The number of nitrogens with zero attached hydrogens (tertiary/aromatic N) is 3. The second kappa shape index (κ2) is 4.78. The molecule has 1 aromatic carbocycles. The van der Waals surface area contributed by atoms with Crippen molar-refractivity contribution >= 4 is 22.8 Å². The molecular weight excluding hydrogens is 280 g/mol. The van der Waals surface area contributed by atoms with Crippen molar-refractivity contribution in [3.8, 4) is 5.75 Å². The van der Waals surface area contributed by atoms with Crippen LogP contribution in [-0.4, -0.2) is 42.7 Å². The monoisotopic (exact) mass is 298 g/mol. The smallest absolute Gasteiger partial charge is 0.207 e. The number of piperazine rings is 1. The van der Waals surface area contributed by atoms with Crippen LogP contribution in [0.1, 0.15) is 0 Å². The summed E-state index contributed by atoms with van der Waals surface area (Å²) < 4.78 is 7.66. The molecule has 0 spiro atoms. The summed E-state index contributed by atoms with van der Waals surface area (Å²) in [6, 6.07) is 5.40. The molecule has 0 radical (unpaired) electrons. The zero-order chi connectivity index (χ0) is 15.3. The molecule has 0 amide bonds. The van der Waals surface area contributed by atoms with Crippen LogP contribution in [0.25, 0.3) is 17.1 Å². The summed E-state index contributed by atoms with van der Waals surface area (Å²) in [4.78, 5) is 16.7. The molecule has 0 atom stereocenters. The highest BCUT2D eigenvalue weighted by Gasteiger charge is 2.23. The van der Waals surface area contributed by atoms with Crippen LogP contribution in [0.4, 0.5) is 5.69 Å². The average Bonchev–Trinajstić information content (AvgIpc) is 2.51. The Balaban J connectivity index is 1.91. The molecule has 2 aromatic rings. The van der Waals surface area contributed by atoms with Crippen LogP contribution in [0.3, 0.4) is 0 Å². The van der Waals surface area contributed by atoms with Gasteiger partial charge in [0, 0.05) is 43.8 Å². The van der Waals surface area contributed by atoms with Gasteiger partial charge in [0.15, 0.2) is 11.2 Å². The van der Waals surface area contributed by atoms with E-state index in [0.29, 0.717) is 17.0 Å². The standard InChI is InChI=1S/C16H18N4O2/c1-18-6-8-19(9-7-18)12-3-2-11-13(21)4-5-20-10-14(17)22-16(12)15(11)20/h2-5,10H,6-9,17H2,1H3. The molecule has 2 aliphatic rings. The zero-order valence-corrected chi connectivity index (χ0v) is 12.5. The lowest BCUT2D eigenvalue weighted by molar-refractivity contribution is 0.311. The van der Waals surface area contributed by atoms with E-state index in [9.17, 15) is 4.79 Å². The molecule has 1 saturated heterocycles. The van der Waals surface area contributed by atoms with Gasteiger partial charge in [-0.15, -0.1) is 0 Å². The number of ether oxygens (including phenoxy) is 1. The molecule has 3 heterocycles. The fourth-order valence-corrected chi connectivity index (χ4v) is 3.11. The van der Waals surface area contributed by atoms with Crippen molar-refractivity contribution < 1.29 is 4.74 Å². The Labute approximate surface area is 128 Å². The molecule has 2 N–H and O–H groups in total. The van der Waals surface area contributed by atoms with E-state index in [4.69, 9.17) is 10.5 Å². The van der Waals surface area contributed by atoms with E-state index >= 15 is 0 Å². The minimum absolute atomic E-state index is 0.00472. The van der Waals surface area contributed by atoms with E-state index in [1.165, 1.54) is 0 Å². The molecule has 6 heteroatoms. The average molecular weight is 298 g/mol. The Morgan fingerprint density at radius 1 is 1.14 bits per heavy atom. The van der Waals surface area contributed by atoms with Crippen LogP contribution in [0.15, 0.2) is 35.1 Å². The number of pyridine rings is 1. The number of aromatic nitrogens is 1. The predicted octanol–water partition coefficient (Wildman–Crippen LogP) is 0.860. The van der Waals surface area contributed by atoms with Crippen molar-refractivity contribution in [2.75, 3.05) is 38.1 Å². The molecule has 0 bridgehead atoms. The third-order valence-corrected chi connectivity index (χ3v) is 4.35. The van der Waals surface area contributed by atoms with Gasteiger partial charge in [-0.1, -0.05) is 0 Å². The van der Waals surface area contributed by atoms with Gasteiger partial charge >= 0.3 is 0 Å². The molecule has 0 unspecified atom stereocenters. The van der Waals surface area contributed by atoms with E-state index in [-0.39, 0.29) is 5.43 Å². The first-order valence-electron chi connectivity index (χ1n) is 7.40. The van der Waals surface area contributed by atoms with E-state index < -0.39 is 0 Å². The van der Waals surface area contributed by atoms with E-state index in [2.05, 4.69) is 16.8 Å². The van der Waals surface area contributed by atoms with Gasteiger partial charge in [0.25, 0.3) is 0 Å². The predicted molar refractivity (Wildman–Crippen MR) is 87.0 cm³/mol. The van der Waals surface area contributed by atoms with Crippen LogP contribution < -0.4 is 20.8 Å². The van der Waals surface area contributed by atoms with E-state index in [1.807, 2.05) is 16.7 Å². The Morgan fingerprint density at radius 2 is 1.91 bits per heavy atom. The highest BCUT2D eigenvalue weighted by atomic mass is 16.5. The normalized spacial score (nSPS) is 18.2. The zero-order valence-electron chi connectivity index (χ0n) is 12.5. The third-order valence-electron chi connectivity index (χ3n) is 4.35. The number of hydrogen-bond donors (Lipinski definition) is 1. The largest absolute Gasteiger partial charge is 0.436 e. The second-order valence-corrected chi connectivity index (χ2v) is 5.82. The van der Waals surface area contributed by atoms with Gasteiger partial charge in [0.05, 0.1) is 11.9 Å². The molecule has 4 rings (SSSR count). The van der Waals surface area contributed by atoms with Crippen molar-refractivity contribution in [1.29, 1.82) is 0 Å². The first-order valence-corrected chi connectivity index (χ1v) is 7.40. The molecule has 114 valence electrons. The van der Waals surface area contributed by atoms with Gasteiger partial charge in [-0.2, -0.15) is 0 Å². The maximum absolute atomic E-state index is 12.1. The maximum Gasteiger partial charge on any atom is 0.207 e. The molecule has 0 saturated carbocycles. The molecule has 1 aromatic heterocycles. The van der Waals surface area contributed by atoms with Gasteiger partial charge in [-0.05, 0) is 19.2 Å². The fourth-order valence-electron chi connectivity index (χ4n) is 3.11. The molecular formula is C16H18N4O2. The summed E-state index contributed by atoms with van der Waals surface area (Å²) in [7, 11) is 2.12. The highest BCUT2D eigenvalue weighted by Crippen LogP contribution is 2.38. The Bertz CT molecular complexity index is 832. The van der Waals surface area contributed by atoms with Gasteiger partial charge in [0.2, 0.25) is 5.88 Å². The van der Waals surface area contributed by atoms with Gasteiger partial charge in [0.1, 0.15) is 5.52 Å². The maximum atomic E-state index is 12.1. The van der Waals surface area contributed by atoms with Crippen LogP contribution in [-0.2, 0) is 0 Å². The molecule has 6 nitrogen and oxygen atoms in total. The summed E-state index contributed by atoms with van der Waals surface area (Å²) in [5, 5.41) is 0.652. The number of hydrogen-bond acceptors (Lipinski definition) is 5. The molecule has 22 heavy (non-hydrogen) atoms. The van der Waals surface area contributed by atoms with Crippen LogP contribution >= 0.6 is 0 Å². The second-order valence-electron chi connectivity index (χ2n) is 5.82. The summed E-state index contributed by atoms with van der Waals surface area (Å²) in [5.41, 5.74) is 7.68. The first kappa shape index (κ1) is 13.2. The van der Waals surface area contributed by atoms with Crippen molar-refractivity contribution in [2.45, 2.75) is 0 Å². The van der Waals surface area contributed by atoms with Crippen molar-refractivity contribution in [2.24, 2.45) is 5.73 Å². The highest BCUT2D eigenvalue weighted by molar-refractivity contribution is 5.93. The summed E-state index contributed by atoms with van der Waals surface area (Å²) in [6.45, 7) is 3.87. The SMILES string of the molecule is CN1CCN(c2ccc3c(=O)ccn4c3c2OC(N)=C4)CC1. The molecule has 2 aliphatic heterocycles. The fraction of sp³-hybridized carbons (Fsp3) is 0.312. The summed E-state index contributed by atoms with van der Waals surface area (Å²) >= 11 is 0. The lowest BCUT2D eigenvalue weighted by Gasteiger charge is -2.35. The van der Waals surface area contributed by atoms with Crippen molar-refractivity contribution in [3.05, 3.63) is 40.5 Å². The topological polar surface area (TPSA) is 63.7 Å². The lowest BCUT2D eigenvalue weighted by Crippen LogP contribution is -2.44. The van der Waals surface area contributed by atoms with Crippen LogP contribution in [0.2, 0.25) is 0 Å². The number of benzene rings is 1. The third kappa shape index (κ3) is 1.95.